The number of carbonyl (C=O) groups excluding carboxylic acids is 2. The van der Waals surface area contributed by atoms with E-state index in [9.17, 15) is 9.59 Å². The molecule has 1 fully saturated rings. The van der Waals surface area contributed by atoms with Gasteiger partial charge in [0.05, 0.1) is 18.7 Å². The molecule has 0 aliphatic carbocycles. The summed E-state index contributed by atoms with van der Waals surface area (Å²) in [6.07, 6.45) is 0.215. The second-order valence-corrected chi connectivity index (χ2v) is 7.79. The number of nitrogens with zero attached hydrogens (tertiary/aromatic N) is 3. The third-order valence-corrected chi connectivity index (χ3v) is 5.62. The lowest BCUT2D eigenvalue weighted by Crippen LogP contribution is -2.48. The summed E-state index contributed by atoms with van der Waals surface area (Å²) in [7, 11) is 2.05. The molecular formula is C16H21N5O2S2. The average Bonchev–Trinajstić information content (AvgIpc) is 3.25. The van der Waals surface area contributed by atoms with Crippen LogP contribution in [0.3, 0.4) is 0 Å². The maximum atomic E-state index is 12.2. The van der Waals surface area contributed by atoms with Gasteiger partial charge >= 0.3 is 6.03 Å². The molecule has 1 saturated heterocycles. The van der Waals surface area contributed by atoms with Crippen molar-refractivity contribution in [2.24, 2.45) is 0 Å². The van der Waals surface area contributed by atoms with Gasteiger partial charge in [-0.15, -0.1) is 22.7 Å². The van der Waals surface area contributed by atoms with Crippen LogP contribution < -0.4 is 10.6 Å². The number of hydrogen-bond acceptors (Lipinski definition) is 6. The number of aromatic nitrogens is 1. The fourth-order valence-electron chi connectivity index (χ4n) is 2.45. The van der Waals surface area contributed by atoms with Crippen LogP contribution in [-0.4, -0.2) is 59.9 Å². The Morgan fingerprint density at radius 1 is 1.24 bits per heavy atom. The van der Waals surface area contributed by atoms with Gasteiger partial charge < -0.3 is 15.1 Å². The molecule has 3 amide bonds. The first-order chi connectivity index (χ1) is 12.1. The smallest absolute Gasteiger partial charge is 0.323 e. The van der Waals surface area contributed by atoms with Gasteiger partial charge in [-0.1, -0.05) is 6.07 Å². The Labute approximate surface area is 154 Å². The van der Waals surface area contributed by atoms with Gasteiger partial charge in [0.15, 0.2) is 5.13 Å². The van der Waals surface area contributed by atoms with E-state index in [1.807, 2.05) is 29.9 Å². The van der Waals surface area contributed by atoms with E-state index in [1.54, 1.807) is 16.2 Å². The first kappa shape index (κ1) is 17.8. The summed E-state index contributed by atoms with van der Waals surface area (Å²) in [6.45, 7) is 3.72. The topological polar surface area (TPSA) is 77.6 Å². The summed E-state index contributed by atoms with van der Waals surface area (Å²) in [6, 6.07) is 3.82. The van der Waals surface area contributed by atoms with Crippen molar-refractivity contribution in [2.75, 3.05) is 38.5 Å². The van der Waals surface area contributed by atoms with E-state index in [2.05, 4.69) is 20.5 Å². The zero-order valence-electron chi connectivity index (χ0n) is 14.0. The number of urea groups is 1. The Bertz CT molecular complexity index is 708. The monoisotopic (exact) mass is 379 g/mol. The third kappa shape index (κ3) is 5.25. The summed E-state index contributed by atoms with van der Waals surface area (Å²) in [5.74, 6) is -0.0735. The summed E-state index contributed by atoms with van der Waals surface area (Å²) in [5, 5.41) is 10.0. The molecule has 0 radical (unpaired) electrons. The summed E-state index contributed by atoms with van der Waals surface area (Å²) in [5.41, 5.74) is 0.669. The normalized spacial score (nSPS) is 15.2. The largest absolute Gasteiger partial charge is 0.351 e. The first-order valence-electron chi connectivity index (χ1n) is 8.08. The van der Waals surface area contributed by atoms with Crippen molar-refractivity contribution in [3.63, 3.8) is 0 Å². The standard InChI is InChI=1S/C16H21N5O2S2/c1-20-4-6-21(7-5-20)16(23)19-15-18-12(11-25-15)9-14(22)17-10-13-3-2-8-24-13/h2-3,8,11H,4-7,9-10H2,1H3,(H,17,22)(H,18,19,23). The Kier molecular flexibility index (Phi) is 6.00. The predicted molar refractivity (Wildman–Crippen MR) is 100 cm³/mol. The van der Waals surface area contributed by atoms with Crippen molar-refractivity contribution >= 4 is 39.7 Å². The number of piperazine rings is 1. The highest BCUT2D eigenvalue weighted by molar-refractivity contribution is 7.14. The maximum Gasteiger partial charge on any atom is 0.323 e. The number of nitrogens with one attached hydrogen (secondary N) is 2. The molecule has 134 valence electrons. The van der Waals surface area contributed by atoms with Crippen LogP contribution in [-0.2, 0) is 17.8 Å². The molecule has 0 unspecified atom stereocenters. The quantitative estimate of drug-likeness (QED) is 0.831. The van der Waals surface area contributed by atoms with Gasteiger partial charge in [0.2, 0.25) is 5.91 Å². The number of carbonyl (C=O) groups is 2. The van der Waals surface area contributed by atoms with Crippen molar-refractivity contribution in [3.8, 4) is 0 Å². The first-order valence-corrected chi connectivity index (χ1v) is 9.84. The minimum atomic E-state index is -0.129. The fraction of sp³-hybridized carbons (Fsp3) is 0.438. The van der Waals surface area contributed by atoms with Gasteiger partial charge in [-0.05, 0) is 18.5 Å². The van der Waals surface area contributed by atoms with Crippen molar-refractivity contribution in [1.29, 1.82) is 0 Å². The van der Waals surface area contributed by atoms with Crippen LogP contribution in [0.25, 0.3) is 0 Å². The number of likely N-dealkylation sites (N-methyl/N-ethyl adjacent to an activating group) is 1. The van der Waals surface area contributed by atoms with Crippen molar-refractivity contribution in [1.82, 2.24) is 20.1 Å². The maximum absolute atomic E-state index is 12.2. The van der Waals surface area contributed by atoms with Crippen LogP contribution in [0.4, 0.5) is 9.93 Å². The molecule has 0 saturated carbocycles. The number of rotatable bonds is 5. The van der Waals surface area contributed by atoms with Crippen molar-refractivity contribution in [2.45, 2.75) is 13.0 Å². The zero-order valence-corrected chi connectivity index (χ0v) is 15.7. The molecule has 2 aromatic heterocycles. The molecule has 0 spiro atoms. The predicted octanol–water partition coefficient (Wildman–Crippen LogP) is 1.84. The molecule has 25 heavy (non-hydrogen) atoms. The molecular weight excluding hydrogens is 358 g/mol. The summed E-state index contributed by atoms with van der Waals surface area (Å²) < 4.78 is 0. The highest BCUT2D eigenvalue weighted by Crippen LogP contribution is 2.17. The van der Waals surface area contributed by atoms with E-state index >= 15 is 0 Å². The second-order valence-electron chi connectivity index (χ2n) is 5.90. The minimum absolute atomic E-state index is 0.0735. The Morgan fingerprint density at radius 2 is 2.04 bits per heavy atom. The molecule has 2 N–H and O–H groups in total. The minimum Gasteiger partial charge on any atom is -0.351 e. The van der Waals surface area contributed by atoms with Gasteiger partial charge in [-0.2, -0.15) is 0 Å². The number of amides is 3. The van der Waals surface area contributed by atoms with Gasteiger partial charge in [0.1, 0.15) is 0 Å². The van der Waals surface area contributed by atoms with Gasteiger partial charge in [0, 0.05) is 36.4 Å². The van der Waals surface area contributed by atoms with Crippen LogP contribution in [0.5, 0.6) is 0 Å². The van der Waals surface area contributed by atoms with E-state index < -0.39 is 0 Å². The second kappa shape index (κ2) is 8.41. The molecule has 3 heterocycles. The van der Waals surface area contributed by atoms with Crippen LogP contribution in [0.2, 0.25) is 0 Å². The summed E-state index contributed by atoms with van der Waals surface area (Å²) >= 11 is 2.95. The number of hydrogen-bond donors (Lipinski definition) is 2. The fourth-order valence-corrected chi connectivity index (χ4v) is 3.80. The average molecular weight is 380 g/mol. The van der Waals surface area contributed by atoms with Crippen molar-refractivity contribution in [3.05, 3.63) is 33.5 Å². The summed E-state index contributed by atoms with van der Waals surface area (Å²) in [4.78, 5) is 33.6. The number of anilines is 1. The van der Waals surface area contributed by atoms with Crippen LogP contribution in [0, 0.1) is 0 Å². The molecule has 7 nitrogen and oxygen atoms in total. The SMILES string of the molecule is CN1CCN(C(=O)Nc2nc(CC(=O)NCc3cccs3)cs2)CC1. The molecule has 3 rings (SSSR count). The zero-order chi connectivity index (χ0) is 17.6. The van der Waals surface area contributed by atoms with E-state index in [1.165, 1.54) is 11.3 Å². The molecule has 1 aliphatic heterocycles. The molecule has 2 aromatic rings. The van der Waals surface area contributed by atoms with E-state index in [0.717, 1.165) is 18.0 Å². The van der Waals surface area contributed by atoms with Crippen LogP contribution in [0.1, 0.15) is 10.6 Å². The van der Waals surface area contributed by atoms with Crippen LogP contribution in [0.15, 0.2) is 22.9 Å². The van der Waals surface area contributed by atoms with Crippen LogP contribution >= 0.6 is 22.7 Å². The molecule has 1 aliphatic rings. The molecule has 0 atom stereocenters. The third-order valence-electron chi connectivity index (χ3n) is 3.94. The Balaban J connectivity index is 1.45. The number of thiazole rings is 1. The highest BCUT2D eigenvalue weighted by atomic mass is 32.1. The number of thiophene rings is 1. The lowest BCUT2D eigenvalue weighted by Gasteiger charge is -2.32. The Morgan fingerprint density at radius 3 is 2.76 bits per heavy atom. The van der Waals surface area contributed by atoms with Gasteiger partial charge in [-0.25, -0.2) is 9.78 Å². The molecule has 9 heteroatoms. The lowest BCUT2D eigenvalue weighted by molar-refractivity contribution is -0.120. The van der Waals surface area contributed by atoms with Gasteiger partial charge in [-0.3, -0.25) is 10.1 Å². The highest BCUT2D eigenvalue weighted by Gasteiger charge is 2.20. The van der Waals surface area contributed by atoms with E-state index in [-0.39, 0.29) is 18.4 Å². The Hall–Kier alpha value is -1.97. The molecule has 0 bridgehead atoms. The van der Waals surface area contributed by atoms with Crippen molar-refractivity contribution < 1.29 is 9.59 Å². The van der Waals surface area contributed by atoms with E-state index in [0.29, 0.717) is 30.5 Å². The van der Waals surface area contributed by atoms with Gasteiger partial charge in [0.25, 0.3) is 0 Å². The molecule has 0 aromatic carbocycles. The van der Waals surface area contributed by atoms with E-state index in [4.69, 9.17) is 0 Å². The lowest BCUT2D eigenvalue weighted by atomic mass is 10.3.